The van der Waals surface area contributed by atoms with E-state index < -0.39 is 0 Å². The molecule has 0 radical (unpaired) electrons. The molecule has 0 aromatic heterocycles. The predicted octanol–water partition coefficient (Wildman–Crippen LogP) is 2.57. The van der Waals surface area contributed by atoms with Crippen molar-refractivity contribution in [3.05, 3.63) is 33.8 Å². The number of aryl methyl sites for hydroxylation is 1. The molecule has 0 fully saturated rings. The van der Waals surface area contributed by atoms with E-state index in [1.54, 1.807) is 0 Å². The maximum absolute atomic E-state index is 8.26. The molecule has 2 nitrogen and oxygen atoms in total. The van der Waals surface area contributed by atoms with Gasteiger partial charge in [-0.15, -0.1) is 0 Å². The zero-order chi connectivity index (χ0) is 8.27. The van der Waals surface area contributed by atoms with Crippen molar-refractivity contribution in [2.45, 2.75) is 6.92 Å². The Balaban J connectivity index is 3.09. The zero-order valence-corrected chi connectivity index (χ0v) is 7.67. The van der Waals surface area contributed by atoms with E-state index in [0.717, 1.165) is 10.0 Å². The molecule has 0 atom stereocenters. The van der Waals surface area contributed by atoms with Gasteiger partial charge in [-0.05, 0) is 18.6 Å². The fourth-order valence-corrected chi connectivity index (χ4v) is 1.39. The number of rotatable bonds is 1. The molecule has 0 unspecified atom stereocenters. The normalized spacial score (nSPS) is 10.7. The van der Waals surface area contributed by atoms with Gasteiger partial charge in [0.1, 0.15) is 0 Å². The Morgan fingerprint density at radius 2 is 2.27 bits per heavy atom. The van der Waals surface area contributed by atoms with Crippen molar-refractivity contribution in [2.75, 3.05) is 0 Å². The van der Waals surface area contributed by atoms with Crippen LogP contribution in [0.5, 0.6) is 0 Å². The topological polar surface area (TPSA) is 32.6 Å². The Bertz CT molecular complexity index is 283. The Kier molecular flexibility index (Phi) is 2.65. The maximum Gasteiger partial charge on any atom is 0.0745 e. The molecule has 0 aliphatic heterocycles. The van der Waals surface area contributed by atoms with Gasteiger partial charge in [0.15, 0.2) is 0 Å². The molecule has 58 valence electrons. The average molecular weight is 214 g/mol. The molecule has 0 amide bonds. The first kappa shape index (κ1) is 8.27. The molecule has 0 bridgehead atoms. The van der Waals surface area contributed by atoms with Crippen molar-refractivity contribution in [1.82, 2.24) is 0 Å². The van der Waals surface area contributed by atoms with Crippen LogP contribution in [0.15, 0.2) is 27.8 Å². The molecule has 1 aromatic rings. The molecule has 0 saturated carbocycles. The standard InChI is InChI=1S/C8H8BrNO/c1-6-2-3-7(5-10-11)8(9)4-6/h2-5,11H,1H3/b10-5-. The molecule has 0 spiro atoms. The van der Waals surface area contributed by atoms with Crippen molar-refractivity contribution < 1.29 is 5.21 Å². The first-order valence-corrected chi connectivity index (χ1v) is 3.97. The molecule has 11 heavy (non-hydrogen) atoms. The summed E-state index contributed by atoms with van der Waals surface area (Å²) in [4.78, 5) is 0. The molecular formula is C8H8BrNO. The smallest absolute Gasteiger partial charge is 0.0745 e. The van der Waals surface area contributed by atoms with Gasteiger partial charge >= 0.3 is 0 Å². The summed E-state index contributed by atoms with van der Waals surface area (Å²) in [6.45, 7) is 2.00. The molecule has 0 saturated heterocycles. The monoisotopic (exact) mass is 213 g/mol. The Hall–Kier alpha value is -0.830. The zero-order valence-electron chi connectivity index (χ0n) is 6.08. The molecule has 1 N–H and O–H groups in total. The van der Waals surface area contributed by atoms with Crippen LogP contribution in [-0.2, 0) is 0 Å². The number of benzene rings is 1. The third kappa shape index (κ3) is 2.05. The van der Waals surface area contributed by atoms with Gasteiger partial charge in [-0.1, -0.05) is 33.2 Å². The first-order valence-electron chi connectivity index (χ1n) is 3.17. The summed E-state index contributed by atoms with van der Waals surface area (Å²) in [6.07, 6.45) is 1.39. The van der Waals surface area contributed by atoms with Crippen molar-refractivity contribution in [2.24, 2.45) is 5.16 Å². The van der Waals surface area contributed by atoms with Gasteiger partial charge in [0, 0.05) is 10.0 Å². The first-order chi connectivity index (χ1) is 5.24. The van der Waals surface area contributed by atoms with Gasteiger partial charge in [-0.2, -0.15) is 0 Å². The number of halogens is 1. The van der Waals surface area contributed by atoms with E-state index in [0.29, 0.717) is 0 Å². The SMILES string of the molecule is Cc1ccc(/C=N\O)c(Br)c1. The lowest BCUT2D eigenvalue weighted by atomic mass is 10.2. The largest absolute Gasteiger partial charge is 0.411 e. The summed E-state index contributed by atoms with van der Waals surface area (Å²) in [5, 5.41) is 11.2. The molecule has 0 aliphatic carbocycles. The predicted molar refractivity (Wildman–Crippen MR) is 48.3 cm³/mol. The van der Waals surface area contributed by atoms with Crippen molar-refractivity contribution >= 4 is 22.1 Å². The average Bonchev–Trinajstić information content (AvgIpc) is 1.95. The fourth-order valence-electron chi connectivity index (χ4n) is 0.799. The highest BCUT2D eigenvalue weighted by molar-refractivity contribution is 9.10. The summed E-state index contributed by atoms with van der Waals surface area (Å²) in [5.41, 5.74) is 2.05. The van der Waals surface area contributed by atoms with Crippen LogP contribution in [0.1, 0.15) is 11.1 Å². The molecule has 1 aromatic carbocycles. The number of hydrogen-bond donors (Lipinski definition) is 1. The minimum Gasteiger partial charge on any atom is -0.411 e. The highest BCUT2D eigenvalue weighted by Gasteiger charge is 1.95. The second kappa shape index (κ2) is 3.53. The molecule has 1 rings (SSSR count). The van der Waals surface area contributed by atoms with Gasteiger partial charge in [0.25, 0.3) is 0 Å². The quantitative estimate of drug-likeness (QED) is 0.435. The lowest BCUT2D eigenvalue weighted by Crippen LogP contribution is -1.83. The highest BCUT2D eigenvalue weighted by atomic mass is 79.9. The lowest BCUT2D eigenvalue weighted by molar-refractivity contribution is 0.322. The third-order valence-electron chi connectivity index (χ3n) is 1.35. The molecule has 0 aliphatic rings. The second-order valence-corrected chi connectivity index (χ2v) is 3.12. The Labute approximate surface area is 73.7 Å². The van der Waals surface area contributed by atoms with Crippen LogP contribution >= 0.6 is 15.9 Å². The number of oxime groups is 1. The van der Waals surface area contributed by atoms with Crippen LogP contribution in [0.3, 0.4) is 0 Å². The second-order valence-electron chi connectivity index (χ2n) is 2.27. The van der Waals surface area contributed by atoms with E-state index in [1.165, 1.54) is 11.8 Å². The number of hydrogen-bond acceptors (Lipinski definition) is 2. The van der Waals surface area contributed by atoms with Crippen LogP contribution in [0, 0.1) is 6.92 Å². The van der Waals surface area contributed by atoms with E-state index in [4.69, 9.17) is 5.21 Å². The molecular weight excluding hydrogens is 206 g/mol. The minimum absolute atomic E-state index is 0.873. The van der Waals surface area contributed by atoms with Gasteiger partial charge in [0.05, 0.1) is 6.21 Å². The fraction of sp³-hybridized carbons (Fsp3) is 0.125. The van der Waals surface area contributed by atoms with E-state index in [-0.39, 0.29) is 0 Å². The van der Waals surface area contributed by atoms with Crippen molar-refractivity contribution in [1.29, 1.82) is 0 Å². The summed E-state index contributed by atoms with van der Waals surface area (Å²) in [5.74, 6) is 0. The maximum atomic E-state index is 8.26. The molecule has 3 heteroatoms. The summed E-state index contributed by atoms with van der Waals surface area (Å²) >= 11 is 3.35. The Morgan fingerprint density at radius 3 is 2.82 bits per heavy atom. The van der Waals surface area contributed by atoms with Gasteiger partial charge < -0.3 is 5.21 Å². The summed E-state index contributed by atoms with van der Waals surface area (Å²) < 4.78 is 0.940. The molecule has 0 heterocycles. The minimum atomic E-state index is 0.873. The van der Waals surface area contributed by atoms with E-state index in [1.807, 2.05) is 25.1 Å². The van der Waals surface area contributed by atoms with Crippen molar-refractivity contribution in [3.63, 3.8) is 0 Å². The van der Waals surface area contributed by atoms with Crippen LogP contribution in [0.4, 0.5) is 0 Å². The van der Waals surface area contributed by atoms with Crippen molar-refractivity contribution in [3.8, 4) is 0 Å². The third-order valence-corrected chi connectivity index (χ3v) is 2.04. The lowest BCUT2D eigenvalue weighted by Gasteiger charge is -1.97. The van der Waals surface area contributed by atoms with Gasteiger partial charge in [0.2, 0.25) is 0 Å². The highest BCUT2D eigenvalue weighted by Crippen LogP contribution is 2.16. The summed E-state index contributed by atoms with van der Waals surface area (Å²) in [7, 11) is 0. The van der Waals surface area contributed by atoms with E-state index >= 15 is 0 Å². The van der Waals surface area contributed by atoms with Crippen LogP contribution in [-0.4, -0.2) is 11.4 Å². The van der Waals surface area contributed by atoms with Gasteiger partial charge in [-0.25, -0.2) is 0 Å². The van der Waals surface area contributed by atoms with E-state index in [2.05, 4.69) is 21.1 Å². The summed E-state index contributed by atoms with van der Waals surface area (Å²) in [6, 6.07) is 5.82. The number of nitrogens with zero attached hydrogens (tertiary/aromatic N) is 1. The van der Waals surface area contributed by atoms with Gasteiger partial charge in [-0.3, -0.25) is 0 Å². The van der Waals surface area contributed by atoms with Crippen LogP contribution in [0.25, 0.3) is 0 Å². The van der Waals surface area contributed by atoms with Crippen LogP contribution < -0.4 is 0 Å². The van der Waals surface area contributed by atoms with E-state index in [9.17, 15) is 0 Å². The Morgan fingerprint density at radius 1 is 1.55 bits per heavy atom. The van der Waals surface area contributed by atoms with Crippen LogP contribution in [0.2, 0.25) is 0 Å².